The first-order valence-corrected chi connectivity index (χ1v) is 9.97. The first-order valence-electron chi connectivity index (χ1n) is 9.20. The number of hydrogen-bond donors (Lipinski definition) is 2. The van der Waals surface area contributed by atoms with E-state index in [1.807, 2.05) is 19.1 Å². The number of aliphatic carboxylic acids is 1. The van der Waals surface area contributed by atoms with Crippen molar-refractivity contribution in [1.82, 2.24) is 19.6 Å². The van der Waals surface area contributed by atoms with Crippen LogP contribution in [0.4, 0.5) is 5.82 Å². The molecule has 1 unspecified atom stereocenters. The lowest BCUT2D eigenvalue weighted by atomic mass is 9.84. The maximum absolute atomic E-state index is 12.0. The Morgan fingerprint density at radius 3 is 2.86 bits per heavy atom. The Balaban J connectivity index is 1.96. The van der Waals surface area contributed by atoms with Crippen LogP contribution in [0.5, 0.6) is 0 Å². The van der Waals surface area contributed by atoms with Gasteiger partial charge in [-0.05, 0) is 56.9 Å². The van der Waals surface area contributed by atoms with Crippen molar-refractivity contribution in [1.29, 1.82) is 0 Å². The summed E-state index contributed by atoms with van der Waals surface area (Å²) in [5, 5.41) is 17.0. The van der Waals surface area contributed by atoms with Crippen LogP contribution >= 0.6 is 11.5 Å². The highest BCUT2D eigenvalue weighted by molar-refractivity contribution is 7.13. The number of nitrogens with one attached hydrogen (secondary N) is 1. The van der Waals surface area contributed by atoms with E-state index in [1.165, 1.54) is 11.5 Å². The average molecular weight is 401 g/mol. The van der Waals surface area contributed by atoms with E-state index in [9.17, 15) is 9.90 Å². The van der Waals surface area contributed by atoms with E-state index < -0.39 is 11.4 Å². The fraction of sp³-hybridized carbons (Fsp3) is 0.474. The minimum atomic E-state index is -1.07. The van der Waals surface area contributed by atoms with Crippen molar-refractivity contribution in [3.8, 4) is 11.4 Å². The van der Waals surface area contributed by atoms with Gasteiger partial charge in [0.1, 0.15) is 17.0 Å². The van der Waals surface area contributed by atoms with E-state index in [1.54, 1.807) is 13.8 Å². The minimum Gasteiger partial charge on any atom is -0.481 e. The highest BCUT2D eigenvalue weighted by Gasteiger charge is 2.35. The lowest BCUT2D eigenvalue weighted by Crippen LogP contribution is -2.44. The van der Waals surface area contributed by atoms with Gasteiger partial charge >= 0.3 is 5.97 Å². The molecule has 1 aliphatic heterocycles. The first-order chi connectivity index (χ1) is 13.3. The van der Waals surface area contributed by atoms with Crippen molar-refractivity contribution in [3.63, 3.8) is 0 Å². The molecule has 1 fully saturated rings. The molecule has 1 saturated heterocycles. The second-order valence-corrected chi connectivity index (χ2v) is 8.48. The van der Waals surface area contributed by atoms with Crippen molar-refractivity contribution in [2.45, 2.75) is 39.2 Å². The molecule has 2 N–H and O–H groups in total. The molecule has 3 aromatic rings. The fourth-order valence-corrected chi connectivity index (χ4v) is 4.43. The minimum absolute atomic E-state index is 0.156. The maximum atomic E-state index is 12.0. The molecule has 0 saturated carbocycles. The number of aromatic amines is 1. The van der Waals surface area contributed by atoms with E-state index in [0.29, 0.717) is 31.0 Å². The number of carboxylic acids is 1. The molecular weight excluding hydrogens is 378 g/mol. The molecule has 8 nitrogen and oxygen atoms in total. The summed E-state index contributed by atoms with van der Waals surface area (Å²) in [7, 11) is 0. The Bertz CT molecular complexity index is 1040. The van der Waals surface area contributed by atoms with E-state index >= 15 is 0 Å². The van der Waals surface area contributed by atoms with Crippen molar-refractivity contribution in [3.05, 3.63) is 23.4 Å². The zero-order valence-corrected chi connectivity index (χ0v) is 17.1. The number of H-pyrrole nitrogens is 1. The quantitative estimate of drug-likeness (QED) is 0.692. The van der Waals surface area contributed by atoms with Crippen LogP contribution in [-0.4, -0.2) is 56.4 Å². The number of morpholine rings is 1. The SMILES string of the molecule is Cc1cc(-c2nsc3c(C(C)(C)C(=O)O)cc(N4CCOCC4C)nc23)[nH]n1. The van der Waals surface area contributed by atoms with Gasteiger partial charge in [-0.25, -0.2) is 4.98 Å². The van der Waals surface area contributed by atoms with Gasteiger partial charge in [-0.2, -0.15) is 9.47 Å². The molecule has 0 spiro atoms. The molecule has 0 bridgehead atoms. The predicted octanol–water partition coefficient (Wildman–Crippen LogP) is 2.98. The normalized spacial score (nSPS) is 18.0. The monoisotopic (exact) mass is 401 g/mol. The van der Waals surface area contributed by atoms with Crippen LogP contribution in [-0.2, 0) is 14.9 Å². The van der Waals surface area contributed by atoms with Crippen LogP contribution in [0.2, 0.25) is 0 Å². The van der Waals surface area contributed by atoms with Crippen LogP contribution in [0.3, 0.4) is 0 Å². The maximum Gasteiger partial charge on any atom is 0.313 e. The number of nitrogens with zero attached hydrogens (tertiary/aromatic N) is 4. The summed E-state index contributed by atoms with van der Waals surface area (Å²) in [6, 6.07) is 3.98. The number of carbonyl (C=O) groups is 1. The molecule has 0 amide bonds. The molecule has 9 heteroatoms. The van der Waals surface area contributed by atoms with Crippen molar-refractivity contribution in [2.24, 2.45) is 0 Å². The summed E-state index contributed by atoms with van der Waals surface area (Å²) < 4.78 is 10.9. The second kappa shape index (κ2) is 6.82. The molecule has 0 radical (unpaired) electrons. The number of aromatic nitrogens is 4. The van der Waals surface area contributed by atoms with Gasteiger partial charge in [-0.15, -0.1) is 0 Å². The molecule has 1 atom stereocenters. The largest absolute Gasteiger partial charge is 0.481 e. The Morgan fingerprint density at radius 1 is 1.43 bits per heavy atom. The molecule has 1 aliphatic rings. The number of fused-ring (bicyclic) bond motifs is 1. The van der Waals surface area contributed by atoms with Gasteiger partial charge < -0.3 is 14.7 Å². The molecule has 148 valence electrons. The second-order valence-electron chi connectivity index (χ2n) is 7.71. The third-order valence-electron chi connectivity index (χ3n) is 5.24. The van der Waals surface area contributed by atoms with Gasteiger partial charge in [0.05, 0.1) is 40.8 Å². The van der Waals surface area contributed by atoms with Crippen LogP contribution in [0.25, 0.3) is 21.6 Å². The van der Waals surface area contributed by atoms with E-state index in [0.717, 1.165) is 27.5 Å². The van der Waals surface area contributed by atoms with Crippen molar-refractivity contribution < 1.29 is 14.6 Å². The predicted molar refractivity (Wildman–Crippen MR) is 108 cm³/mol. The summed E-state index contributed by atoms with van der Waals surface area (Å²) in [4.78, 5) is 19.1. The zero-order valence-electron chi connectivity index (χ0n) is 16.3. The summed E-state index contributed by atoms with van der Waals surface area (Å²) in [6.07, 6.45) is 0. The number of pyridine rings is 1. The third kappa shape index (κ3) is 3.04. The number of carboxylic acid groups (broad SMARTS) is 1. The van der Waals surface area contributed by atoms with Crippen LogP contribution in [0, 0.1) is 6.92 Å². The van der Waals surface area contributed by atoms with Gasteiger partial charge in [-0.3, -0.25) is 9.89 Å². The summed E-state index contributed by atoms with van der Waals surface area (Å²) >= 11 is 1.28. The number of ether oxygens (including phenoxy) is 1. The Morgan fingerprint density at radius 2 is 2.21 bits per heavy atom. The van der Waals surface area contributed by atoms with Crippen molar-refractivity contribution in [2.75, 3.05) is 24.7 Å². The average Bonchev–Trinajstić information content (AvgIpc) is 3.26. The molecular formula is C19H23N5O3S. The number of hydrogen-bond acceptors (Lipinski definition) is 7. The van der Waals surface area contributed by atoms with E-state index in [4.69, 9.17) is 9.72 Å². The number of aryl methyl sites for hydroxylation is 1. The van der Waals surface area contributed by atoms with E-state index in [2.05, 4.69) is 26.4 Å². The number of anilines is 1. The molecule has 0 aromatic carbocycles. The fourth-order valence-electron chi connectivity index (χ4n) is 3.42. The van der Waals surface area contributed by atoms with Crippen molar-refractivity contribution >= 4 is 33.5 Å². The smallest absolute Gasteiger partial charge is 0.313 e. The standard InChI is InChI=1S/C19H23N5O3S/c1-10-7-13(22-21-10)15-16-17(28-23-15)12(19(3,4)18(25)26)8-14(20-16)24-5-6-27-9-11(24)2/h7-8,11H,5-6,9H2,1-4H3,(H,21,22)(H,25,26). The summed E-state index contributed by atoms with van der Waals surface area (Å²) in [5.74, 6) is -0.126. The van der Waals surface area contributed by atoms with Gasteiger partial charge in [0, 0.05) is 6.54 Å². The van der Waals surface area contributed by atoms with E-state index in [-0.39, 0.29) is 6.04 Å². The Hall–Kier alpha value is -2.52. The van der Waals surface area contributed by atoms with Crippen LogP contribution < -0.4 is 4.90 Å². The molecule has 4 heterocycles. The Labute approximate surface area is 166 Å². The van der Waals surface area contributed by atoms with Gasteiger partial charge in [-0.1, -0.05) is 0 Å². The lowest BCUT2D eigenvalue weighted by molar-refractivity contribution is -0.142. The topological polar surface area (TPSA) is 104 Å². The third-order valence-corrected chi connectivity index (χ3v) is 6.11. The summed E-state index contributed by atoms with van der Waals surface area (Å²) in [6.45, 7) is 9.37. The van der Waals surface area contributed by atoms with Gasteiger partial charge in [0.2, 0.25) is 0 Å². The van der Waals surface area contributed by atoms with Crippen LogP contribution in [0.15, 0.2) is 12.1 Å². The van der Waals surface area contributed by atoms with Gasteiger partial charge in [0.15, 0.2) is 0 Å². The molecule has 3 aromatic heterocycles. The first kappa shape index (κ1) is 18.8. The highest BCUT2D eigenvalue weighted by Crippen LogP contribution is 2.39. The zero-order chi connectivity index (χ0) is 20.1. The lowest BCUT2D eigenvalue weighted by Gasteiger charge is -2.35. The molecule has 4 rings (SSSR count). The molecule has 0 aliphatic carbocycles. The Kier molecular flexibility index (Phi) is 4.59. The highest BCUT2D eigenvalue weighted by atomic mass is 32.1. The van der Waals surface area contributed by atoms with Crippen LogP contribution in [0.1, 0.15) is 32.0 Å². The molecule has 28 heavy (non-hydrogen) atoms. The summed E-state index contributed by atoms with van der Waals surface area (Å²) in [5.41, 5.74) is 2.69. The number of rotatable bonds is 4. The van der Waals surface area contributed by atoms with Gasteiger partial charge in [0.25, 0.3) is 0 Å².